The average Bonchev–Trinajstić information content (AvgIpc) is 2.13. The van der Waals surface area contributed by atoms with Crippen molar-refractivity contribution < 1.29 is 0 Å². The largest absolute Gasteiger partial charge is 0.324 e. The minimum Gasteiger partial charge on any atom is -0.324 e. The average molecular weight is 121 g/mol. The molecule has 1 nitrogen and oxygen atoms in total. The molecule has 0 aromatic carbocycles. The molecule has 0 aromatic rings. The van der Waals surface area contributed by atoms with E-state index in [4.69, 9.17) is 5.73 Å². The summed E-state index contributed by atoms with van der Waals surface area (Å²) in [5, 5.41) is 0. The normalized spacial score (nSPS) is 20.2. The SMILES string of the molecule is C=C1C=CC=C1C(C)N. The first kappa shape index (κ1) is 6.30. The van der Waals surface area contributed by atoms with E-state index in [1.165, 1.54) is 0 Å². The van der Waals surface area contributed by atoms with Gasteiger partial charge in [0, 0.05) is 6.04 Å². The Morgan fingerprint density at radius 2 is 2.33 bits per heavy atom. The molecule has 1 atom stereocenters. The van der Waals surface area contributed by atoms with Gasteiger partial charge in [0.15, 0.2) is 0 Å². The van der Waals surface area contributed by atoms with Crippen LogP contribution in [0.25, 0.3) is 0 Å². The number of hydrogen-bond acceptors (Lipinski definition) is 1. The predicted molar refractivity (Wildman–Crippen MR) is 40.0 cm³/mol. The molecule has 0 heterocycles. The zero-order chi connectivity index (χ0) is 6.85. The van der Waals surface area contributed by atoms with Gasteiger partial charge in [-0.05, 0) is 18.1 Å². The van der Waals surface area contributed by atoms with Gasteiger partial charge in [-0.25, -0.2) is 0 Å². The lowest BCUT2D eigenvalue weighted by Gasteiger charge is -2.06. The van der Waals surface area contributed by atoms with Crippen LogP contribution in [0.15, 0.2) is 36.0 Å². The van der Waals surface area contributed by atoms with Crippen LogP contribution in [0.2, 0.25) is 0 Å². The monoisotopic (exact) mass is 121 g/mol. The Bertz CT molecular complexity index is 185. The fourth-order valence-electron chi connectivity index (χ4n) is 0.915. The van der Waals surface area contributed by atoms with Crippen molar-refractivity contribution in [3.8, 4) is 0 Å². The number of nitrogens with two attached hydrogens (primary N) is 1. The lowest BCUT2D eigenvalue weighted by Crippen LogP contribution is -2.17. The predicted octanol–water partition coefficient (Wildman–Crippen LogP) is 1.39. The maximum absolute atomic E-state index is 5.62. The molecular formula is C8H11N. The molecule has 1 aliphatic rings. The summed E-state index contributed by atoms with van der Waals surface area (Å²) >= 11 is 0. The molecule has 1 rings (SSSR count). The lowest BCUT2D eigenvalue weighted by atomic mass is 10.1. The van der Waals surface area contributed by atoms with Gasteiger partial charge in [0.1, 0.15) is 0 Å². The third kappa shape index (κ3) is 1.11. The van der Waals surface area contributed by atoms with Gasteiger partial charge in [0.25, 0.3) is 0 Å². The highest BCUT2D eigenvalue weighted by atomic mass is 14.6. The maximum Gasteiger partial charge on any atom is 0.0271 e. The molecule has 1 aliphatic carbocycles. The second kappa shape index (κ2) is 2.19. The summed E-state index contributed by atoms with van der Waals surface area (Å²) < 4.78 is 0. The molecule has 48 valence electrons. The van der Waals surface area contributed by atoms with E-state index in [2.05, 4.69) is 6.58 Å². The highest BCUT2D eigenvalue weighted by Gasteiger charge is 2.06. The molecule has 0 radical (unpaired) electrons. The first-order valence-electron chi connectivity index (χ1n) is 3.05. The molecule has 1 unspecified atom stereocenters. The quantitative estimate of drug-likeness (QED) is 0.557. The van der Waals surface area contributed by atoms with Crippen LogP contribution in [-0.4, -0.2) is 6.04 Å². The van der Waals surface area contributed by atoms with Crippen molar-refractivity contribution in [1.82, 2.24) is 0 Å². The van der Waals surface area contributed by atoms with Crippen molar-refractivity contribution in [2.24, 2.45) is 5.73 Å². The molecule has 0 saturated heterocycles. The van der Waals surface area contributed by atoms with E-state index in [-0.39, 0.29) is 6.04 Å². The molecule has 0 aromatic heterocycles. The summed E-state index contributed by atoms with van der Waals surface area (Å²) in [6.07, 6.45) is 5.95. The molecule has 0 amide bonds. The fraction of sp³-hybridized carbons (Fsp3) is 0.250. The third-order valence-corrected chi connectivity index (χ3v) is 1.43. The summed E-state index contributed by atoms with van der Waals surface area (Å²) in [5.41, 5.74) is 7.81. The summed E-state index contributed by atoms with van der Waals surface area (Å²) in [5.74, 6) is 0. The van der Waals surface area contributed by atoms with E-state index >= 15 is 0 Å². The molecule has 0 saturated carbocycles. The Morgan fingerprint density at radius 3 is 2.56 bits per heavy atom. The maximum atomic E-state index is 5.62. The number of rotatable bonds is 1. The third-order valence-electron chi connectivity index (χ3n) is 1.43. The zero-order valence-electron chi connectivity index (χ0n) is 5.59. The van der Waals surface area contributed by atoms with E-state index in [1.807, 2.05) is 25.2 Å². The van der Waals surface area contributed by atoms with Gasteiger partial charge in [-0.15, -0.1) is 0 Å². The summed E-state index contributed by atoms with van der Waals surface area (Å²) in [6, 6.07) is 0.118. The second-order valence-corrected chi connectivity index (χ2v) is 2.30. The molecule has 0 bridgehead atoms. The zero-order valence-corrected chi connectivity index (χ0v) is 5.59. The van der Waals surface area contributed by atoms with Gasteiger partial charge < -0.3 is 5.73 Å². The van der Waals surface area contributed by atoms with Crippen molar-refractivity contribution >= 4 is 0 Å². The van der Waals surface area contributed by atoms with Crippen LogP contribution in [0.5, 0.6) is 0 Å². The van der Waals surface area contributed by atoms with Crippen LogP contribution in [0.4, 0.5) is 0 Å². The van der Waals surface area contributed by atoms with Crippen molar-refractivity contribution in [1.29, 1.82) is 0 Å². The summed E-state index contributed by atoms with van der Waals surface area (Å²) in [7, 11) is 0. The summed E-state index contributed by atoms with van der Waals surface area (Å²) in [4.78, 5) is 0. The molecule has 0 fully saturated rings. The molecule has 2 N–H and O–H groups in total. The minimum absolute atomic E-state index is 0.118. The Kier molecular flexibility index (Phi) is 1.54. The van der Waals surface area contributed by atoms with Gasteiger partial charge >= 0.3 is 0 Å². The van der Waals surface area contributed by atoms with Gasteiger partial charge in [-0.1, -0.05) is 24.8 Å². The molecular weight excluding hydrogens is 110 g/mol. The van der Waals surface area contributed by atoms with Gasteiger partial charge in [-0.3, -0.25) is 0 Å². The van der Waals surface area contributed by atoms with E-state index in [0.717, 1.165) is 11.1 Å². The molecule has 1 heteroatoms. The van der Waals surface area contributed by atoms with Crippen molar-refractivity contribution in [2.45, 2.75) is 13.0 Å². The van der Waals surface area contributed by atoms with E-state index in [9.17, 15) is 0 Å². The number of hydrogen-bond donors (Lipinski definition) is 1. The van der Waals surface area contributed by atoms with Gasteiger partial charge in [0.2, 0.25) is 0 Å². The molecule has 9 heavy (non-hydrogen) atoms. The van der Waals surface area contributed by atoms with Gasteiger partial charge in [0.05, 0.1) is 0 Å². The first-order chi connectivity index (χ1) is 4.22. The highest BCUT2D eigenvalue weighted by Crippen LogP contribution is 2.17. The van der Waals surface area contributed by atoms with Crippen LogP contribution in [0, 0.1) is 0 Å². The minimum atomic E-state index is 0.118. The number of allylic oxidation sites excluding steroid dienone is 3. The van der Waals surface area contributed by atoms with Crippen molar-refractivity contribution in [3.63, 3.8) is 0 Å². The smallest absolute Gasteiger partial charge is 0.0271 e. The van der Waals surface area contributed by atoms with E-state index < -0.39 is 0 Å². The molecule has 0 spiro atoms. The Morgan fingerprint density at radius 1 is 1.67 bits per heavy atom. The van der Waals surface area contributed by atoms with Crippen LogP contribution in [0.1, 0.15) is 6.92 Å². The van der Waals surface area contributed by atoms with Crippen LogP contribution in [0.3, 0.4) is 0 Å². The fourth-order valence-corrected chi connectivity index (χ4v) is 0.915. The first-order valence-corrected chi connectivity index (χ1v) is 3.05. The van der Waals surface area contributed by atoms with E-state index in [0.29, 0.717) is 0 Å². The van der Waals surface area contributed by atoms with Gasteiger partial charge in [-0.2, -0.15) is 0 Å². The lowest BCUT2D eigenvalue weighted by molar-refractivity contribution is 0.880. The summed E-state index contributed by atoms with van der Waals surface area (Å²) in [6.45, 7) is 5.78. The van der Waals surface area contributed by atoms with Crippen LogP contribution >= 0.6 is 0 Å². The van der Waals surface area contributed by atoms with Crippen LogP contribution in [-0.2, 0) is 0 Å². The van der Waals surface area contributed by atoms with Crippen molar-refractivity contribution in [3.05, 3.63) is 36.0 Å². The van der Waals surface area contributed by atoms with Crippen LogP contribution < -0.4 is 5.73 Å². The Labute approximate surface area is 55.6 Å². The topological polar surface area (TPSA) is 26.0 Å². The van der Waals surface area contributed by atoms with E-state index in [1.54, 1.807) is 0 Å². The Hall–Kier alpha value is -0.820. The second-order valence-electron chi connectivity index (χ2n) is 2.30. The van der Waals surface area contributed by atoms with Crippen molar-refractivity contribution in [2.75, 3.05) is 0 Å². The Balaban J connectivity index is 2.76. The molecule has 0 aliphatic heterocycles. The standard InChI is InChI=1S/C8H11N/c1-6-4-3-5-8(6)7(2)9/h3-5,7H,1,9H2,2H3. The highest BCUT2D eigenvalue weighted by molar-refractivity contribution is 5.48.